The van der Waals surface area contributed by atoms with Crippen LogP contribution in [0.1, 0.15) is 21.6 Å². The molecule has 6 nitrogen and oxygen atoms in total. The van der Waals surface area contributed by atoms with Crippen molar-refractivity contribution in [1.82, 2.24) is 5.16 Å². The van der Waals surface area contributed by atoms with Crippen molar-refractivity contribution < 1.29 is 18.8 Å². The Balaban J connectivity index is 1.27. The van der Waals surface area contributed by atoms with Gasteiger partial charge in [-0.1, -0.05) is 77.5 Å². The number of methoxy groups -OCH3 is 1. The first kappa shape index (κ1) is 23.8. The standard InChI is InChI=1S/C31H24N2O4/c1-21-8-11-25(12-9-21)29-19-27(33-37-29)31(34)36-28-17-10-22(18-30(28)35-2)20-32-26-15-13-24(14-16-26)23-6-4-3-5-7-23/h3-20H,1-2H3. The Bertz CT molecular complexity index is 1540. The number of carbonyl (C=O) groups is 1. The Morgan fingerprint density at radius 3 is 2.24 bits per heavy atom. The molecule has 182 valence electrons. The van der Waals surface area contributed by atoms with Crippen molar-refractivity contribution in [2.24, 2.45) is 4.99 Å². The highest BCUT2D eigenvalue weighted by Crippen LogP contribution is 2.29. The number of hydrogen-bond donors (Lipinski definition) is 0. The molecule has 0 spiro atoms. The summed E-state index contributed by atoms with van der Waals surface area (Å²) in [7, 11) is 1.52. The minimum Gasteiger partial charge on any atom is -0.493 e. The highest BCUT2D eigenvalue weighted by atomic mass is 16.6. The third-order valence-corrected chi connectivity index (χ3v) is 5.78. The Labute approximate surface area is 214 Å². The molecule has 0 saturated carbocycles. The number of aromatic nitrogens is 1. The molecule has 0 bridgehead atoms. The molecule has 0 unspecified atom stereocenters. The third kappa shape index (κ3) is 5.65. The van der Waals surface area contributed by atoms with Crippen molar-refractivity contribution in [1.29, 1.82) is 0 Å². The molecule has 0 aliphatic heterocycles. The second-order valence-corrected chi connectivity index (χ2v) is 8.41. The summed E-state index contributed by atoms with van der Waals surface area (Å²) in [6, 6.07) is 32.7. The summed E-state index contributed by atoms with van der Waals surface area (Å²) in [6.07, 6.45) is 1.73. The first-order valence-corrected chi connectivity index (χ1v) is 11.7. The first-order chi connectivity index (χ1) is 18.1. The normalized spacial score (nSPS) is 11.0. The number of ether oxygens (including phenoxy) is 2. The number of rotatable bonds is 7. The van der Waals surface area contributed by atoms with Gasteiger partial charge >= 0.3 is 5.97 Å². The maximum Gasteiger partial charge on any atom is 0.366 e. The van der Waals surface area contributed by atoms with Crippen LogP contribution in [0, 0.1) is 6.92 Å². The van der Waals surface area contributed by atoms with Crippen molar-refractivity contribution in [2.45, 2.75) is 6.92 Å². The Kier molecular flexibility index (Phi) is 6.90. The molecule has 0 radical (unpaired) electrons. The van der Waals surface area contributed by atoms with E-state index in [1.165, 1.54) is 7.11 Å². The number of aliphatic imine (C=N–C) groups is 1. The predicted molar refractivity (Wildman–Crippen MR) is 144 cm³/mol. The second-order valence-electron chi connectivity index (χ2n) is 8.41. The lowest BCUT2D eigenvalue weighted by Gasteiger charge is -2.08. The number of benzene rings is 4. The average Bonchev–Trinajstić information content (AvgIpc) is 3.44. The van der Waals surface area contributed by atoms with Crippen LogP contribution in [-0.4, -0.2) is 24.5 Å². The fourth-order valence-electron chi connectivity index (χ4n) is 3.75. The van der Waals surface area contributed by atoms with Crippen LogP contribution in [0.25, 0.3) is 22.5 Å². The molecule has 4 aromatic carbocycles. The number of carbonyl (C=O) groups excluding carboxylic acids is 1. The second kappa shape index (κ2) is 10.7. The van der Waals surface area contributed by atoms with Gasteiger partial charge in [0.25, 0.3) is 0 Å². The van der Waals surface area contributed by atoms with Crippen LogP contribution >= 0.6 is 0 Å². The zero-order chi connectivity index (χ0) is 25.6. The van der Waals surface area contributed by atoms with Gasteiger partial charge in [-0.25, -0.2) is 4.79 Å². The van der Waals surface area contributed by atoms with E-state index in [1.807, 2.05) is 73.7 Å². The van der Waals surface area contributed by atoms with Crippen molar-refractivity contribution in [2.75, 3.05) is 7.11 Å². The summed E-state index contributed by atoms with van der Waals surface area (Å²) in [6.45, 7) is 2.00. The third-order valence-electron chi connectivity index (χ3n) is 5.78. The van der Waals surface area contributed by atoms with Gasteiger partial charge in [0, 0.05) is 17.8 Å². The summed E-state index contributed by atoms with van der Waals surface area (Å²) >= 11 is 0. The Morgan fingerprint density at radius 1 is 0.811 bits per heavy atom. The number of aryl methyl sites for hydroxylation is 1. The summed E-state index contributed by atoms with van der Waals surface area (Å²) in [4.78, 5) is 17.2. The fourth-order valence-corrected chi connectivity index (χ4v) is 3.75. The van der Waals surface area contributed by atoms with Crippen LogP contribution in [0.15, 0.2) is 113 Å². The Morgan fingerprint density at radius 2 is 1.51 bits per heavy atom. The van der Waals surface area contributed by atoms with Gasteiger partial charge in [-0.2, -0.15) is 0 Å². The van der Waals surface area contributed by atoms with Crippen LogP contribution in [-0.2, 0) is 0 Å². The van der Waals surface area contributed by atoms with E-state index in [0.29, 0.717) is 11.5 Å². The SMILES string of the molecule is COc1cc(C=Nc2ccc(-c3ccccc3)cc2)ccc1OC(=O)c1cc(-c2ccc(C)cc2)on1. The molecule has 0 saturated heterocycles. The Hall–Kier alpha value is -4.97. The molecule has 1 heterocycles. The number of nitrogens with zero attached hydrogens (tertiary/aromatic N) is 2. The molecule has 1 aromatic heterocycles. The highest BCUT2D eigenvalue weighted by Gasteiger charge is 2.18. The van der Waals surface area contributed by atoms with E-state index in [0.717, 1.165) is 33.5 Å². The van der Waals surface area contributed by atoms with Crippen LogP contribution in [0.3, 0.4) is 0 Å². The topological polar surface area (TPSA) is 73.9 Å². The molecular formula is C31H24N2O4. The molecule has 5 aromatic rings. The van der Waals surface area contributed by atoms with E-state index in [-0.39, 0.29) is 11.4 Å². The van der Waals surface area contributed by atoms with Gasteiger partial charge in [-0.05, 0) is 53.9 Å². The van der Waals surface area contributed by atoms with Crippen LogP contribution in [0.4, 0.5) is 5.69 Å². The lowest BCUT2D eigenvalue weighted by Crippen LogP contribution is -2.09. The number of hydrogen-bond acceptors (Lipinski definition) is 6. The van der Waals surface area contributed by atoms with E-state index >= 15 is 0 Å². The van der Waals surface area contributed by atoms with E-state index in [4.69, 9.17) is 14.0 Å². The molecule has 0 N–H and O–H groups in total. The van der Waals surface area contributed by atoms with Crippen LogP contribution in [0.2, 0.25) is 0 Å². The molecule has 0 amide bonds. The maximum absolute atomic E-state index is 12.7. The van der Waals surface area contributed by atoms with Crippen molar-refractivity contribution in [3.8, 4) is 33.9 Å². The lowest BCUT2D eigenvalue weighted by atomic mass is 10.1. The van der Waals surface area contributed by atoms with Gasteiger partial charge in [-0.15, -0.1) is 0 Å². The monoisotopic (exact) mass is 488 g/mol. The fraction of sp³-hybridized carbons (Fsp3) is 0.0645. The first-order valence-electron chi connectivity index (χ1n) is 11.7. The average molecular weight is 489 g/mol. The quantitative estimate of drug-likeness (QED) is 0.137. The molecule has 0 aliphatic rings. The largest absolute Gasteiger partial charge is 0.493 e. The molecule has 37 heavy (non-hydrogen) atoms. The van der Waals surface area contributed by atoms with E-state index in [1.54, 1.807) is 30.5 Å². The van der Waals surface area contributed by atoms with E-state index < -0.39 is 5.97 Å². The predicted octanol–water partition coefficient (Wildman–Crippen LogP) is 7.30. The summed E-state index contributed by atoms with van der Waals surface area (Å²) < 4.78 is 16.3. The number of esters is 1. The highest BCUT2D eigenvalue weighted by molar-refractivity contribution is 5.91. The van der Waals surface area contributed by atoms with Crippen molar-refractivity contribution >= 4 is 17.9 Å². The summed E-state index contributed by atoms with van der Waals surface area (Å²) in [5.41, 5.74) is 5.94. The van der Waals surface area contributed by atoms with Gasteiger partial charge in [-0.3, -0.25) is 4.99 Å². The minimum atomic E-state index is -0.639. The summed E-state index contributed by atoms with van der Waals surface area (Å²) in [5.74, 6) is 0.526. The van der Waals surface area contributed by atoms with Gasteiger partial charge in [0.05, 0.1) is 12.8 Å². The van der Waals surface area contributed by atoms with Gasteiger partial charge in [0.1, 0.15) is 0 Å². The molecule has 0 aliphatic carbocycles. The van der Waals surface area contributed by atoms with E-state index in [2.05, 4.69) is 22.3 Å². The molecule has 0 fully saturated rings. The zero-order valence-corrected chi connectivity index (χ0v) is 20.4. The van der Waals surface area contributed by atoms with Gasteiger partial charge in [0.2, 0.25) is 0 Å². The molecule has 6 heteroatoms. The molecule has 5 rings (SSSR count). The minimum absolute atomic E-state index is 0.0715. The lowest BCUT2D eigenvalue weighted by molar-refractivity contribution is 0.0719. The zero-order valence-electron chi connectivity index (χ0n) is 20.4. The van der Waals surface area contributed by atoms with Gasteiger partial charge in [0.15, 0.2) is 23.0 Å². The van der Waals surface area contributed by atoms with Gasteiger partial charge < -0.3 is 14.0 Å². The van der Waals surface area contributed by atoms with Crippen molar-refractivity contribution in [3.63, 3.8) is 0 Å². The van der Waals surface area contributed by atoms with Crippen LogP contribution in [0.5, 0.6) is 11.5 Å². The maximum atomic E-state index is 12.7. The van der Waals surface area contributed by atoms with Crippen LogP contribution < -0.4 is 9.47 Å². The van der Waals surface area contributed by atoms with Crippen molar-refractivity contribution in [3.05, 3.63) is 120 Å². The summed E-state index contributed by atoms with van der Waals surface area (Å²) in [5, 5.41) is 3.86. The van der Waals surface area contributed by atoms with E-state index in [9.17, 15) is 4.79 Å². The molecular weight excluding hydrogens is 464 g/mol. The smallest absolute Gasteiger partial charge is 0.366 e. The molecule has 0 atom stereocenters.